The van der Waals surface area contributed by atoms with Gasteiger partial charge in [0.05, 0.1) is 0 Å². The summed E-state index contributed by atoms with van der Waals surface area (Å²) in [5, 5.41) is 0. The van der Waals surface area contributed by atoms with Crippen molar-refractivity contribution in [1.29, 1.82) is 0 Å². The maximum absolute atomic E-state index is 12.0. The second-order valence-corrected chi connectivity index (χ2v) is 4.16. The van der Waals surface area contributed by atoms with Crippen LogP contribution in [0.5, 0.6) is 5.75 Å². The first-order valence-corrected chi connectivity index (χ1v) is 5.81. The van der Waals surface area contributed by atoms with E-state index < -0.39 is 12.0 Å². The zero-order valence-corrected chi connectivity index (χ0v) is 10.1. The minimum absolute atomic E-state index is 0.215. The van der Waals surface area contributed by atoms with Gasteiger partial charge in [-0.25, -0.2) is 0 Å². The SMILES string of the molecule is NC(=O)COc1ccc(C(=O)C2CCC(=O)O2)cc1. The van der Waals surface area contributed by atoms with Gasteiger partial charge in [-0.2, -0.15) is 0 Å². The Morgan fingerprint density at radius 1 is 1.32 bits per heavy atom. The number of ether oxygens (including phenoxy) is 2. The van der Waals surface area contributed by atoms with E-state index in [-0.39, 0.29) is 24.8 Å². The predicted molar refractivity (Wildman–Crippen MR) is 64.6 cm³/mol. The van der Waals surface area contributed by atoms with E-state index in [1.807, 2.05) is 0 Å². The number of Topliss-reactive ketones (excluding diaryl/α,β-unsaturated/α-hetero) is 1. The van der Waals surface area contributed by atoms with Gasteiger partial charge in [-0.1, -0.05) is 0 Å². The number of esters is 1. The Bertz CT molecular complexity index is 508. The summed E-state index contributed by atoms with van der Waals surface area (Å²) < 4.78 is 9.98. The van der Waals surface area contributed by atoms with Crippen molar-refractivity contribution in [1.82, 2.24) is 0 Å². The first-order valence-electron chi connectivity index (χ1n) is 5.81. The highest BCUT2D eigenvalue weighted by atomic mass is 16.6. The first-order chi connectivity index (χ1) is 9.06. The lowest BCUT2D eigenvalue weighted by Crippen LogP contribution is -2.21. The summed E-state index contributed by atoms with van der Waals surface area (Å²) in [5.74, 6) is -0.705. The van der Waals surface area contributed by atoms with Crippen molar-refractivity contribution in [2.75, 3.05) is 6.61 Å². The Labute approximate surface area is 109 Å². The quantitative estimate of drug-likeness (QED) is 0.614. The van der Waals surface area contributed by atoms with Gasteiger partial charge >= 0.3 is 5.97 Å². The van der Waals surface area contributed by atoms with E-state index in [2.05, 4.69) is 0 Å². The van der Waals surface area contributed by atoms with Crippen LogP contribution in [-0.2, 0) is 14.3 Å². The number of cyclic esters (lactones) is 1. The zero-order chi connectivity index (χ0) is 13.8. The minimum Gasteiger partial charge on any atom is -0.484 e. The fraction of sp³-hybridized carbons (Fsp3) is 0.308. The summed E-state index contributed by atoms with van der Waals surface area (Å²) in [4.78, 5) is 33.5. The molecule has 1 aromatic carbocycles. The third kappa shape index (κ3) is 3.31. The van der Waals surface area contributed by atoms with E-state index >= 15 is 0 Å². The van der Waals surface area contributed by atoms with Crippen LogP contribution >= 0.6 is 0 Å². The van der Waals surface area contributed by atoms with Crippen LogP contribution in [0.4, 0.5) is 0 Å². The van der Waals surface area contributed by atoms with Crippen molar-refractivity contribution in [3.63, 3.8) is 0 Å². The summed E-state index contributed by atoms with van der Waals surface area (Å²) in [6.07, 6.45) is -0.00162. The van der Waals surface area contributed by atoms with Crippen molar-refractivity contribution in [2.24, 2.45) is 5.73 Å². The maximum Gasteiger partial charge on any atom is 0.306 e. The topological polar surface area (TPSA) is 95.7 Å². The van der Waals surface area contributed by atoms with Gasteiger partial charge in [-0.15, -0.1) is 0 Å². The molecular formula is C13H13NO5. The Hall–Kier alpha value is -2.37. The standard InChI is InChI=1S/C13H13NO5/c14-11(15)7-18-9-3-1-8(2-4-9)13(17)10-5-6-12(16)19-10/h1-4,10H,5-7H2,(H2,14,15). The summed E-state index contributed by atoms with van der Waals surface area (Å²) in [6.45, 7) is -0.215. The van der Waals surface area contributed by atoms with Crippen molar-refractivity contribution in [2.45, 2.75) is 18.9 Å². The lowest BCUT2D eigenvalue weighted by Gasteiger charge is -2.09. The largest absolute Gasteiger partial charge is 0.484 e. The summed E-state index contributed by atoms with van der Waals surface area (Å²) >= 11 is 0. The number of amides is 1. The van der Waals surface area contributed by atoms with Gasteiger partial charge in [-0.3, -0.25) is 14.4 Å². The van der Waals surface area contributed by atoms with Gasteiger partial charge in [0.15, 0.2) is 12.7 Å². The summed E-state index contributed by atoms with van der Waals surface area (Å²) in [6, 6.07) is 6.25. The van der Waals surface area contributed by atoms with Crippen molar-refractivity contribution in [3.8, 4) is 5.75 Å². The molecule has 1 aliphatic rings. The molecule has 1 atom stereocenters. The molecule has 100 valence electrons. The molecule has 2 N–H and O–H groups in total. The predicted octanol–water partition coefficient (Wildman–Crippen LogP) is 0.439. The molecule has 1 aliphatic heterocycles. The second kappa shape index (κ2) is 5.51. The van der Waals surface area contributed by atoms with Crippen LogP contribution in [0.1, 0.15) is 23.2 Å². The van der Waals surface area contributed by atoms with Gasteiger partial charge in [0.2, 0.25) is 5.78 Å². The molecule has 6 nitrogen and oxygen atoms in total. The van der Waals surface area contributed by atoms with E-state index in [1.54, 1.807) is 24.3 Å². The molecule has 1 aromatic rings. The van der Waals surface area contributed by atoms with E-state index in [1.165, 1.54) is 0 Å². The Morgan fingerprint density at radius 3 is 2.53 bits per heavy atom. The van der Waals surface area contributed by atoms with Gasteiger partial charge in [-0.05, 0) is 24.3 Å². The molecule has 0 bridgehead atoms. The third-order valence-corrected chi connectivity index (χ3v) is 2.70. The molecule has 1 saturated heterocycles. The fourth-order valence-electron chi connectivity index (χ4n) is 1.77. The molecule has 19 heavy (non-hydrogen) atoms. The fourth-order valence-corrected chi connectivity index (χ4v) is 1.77. The van der Waals surface area contributed by atoms with Crippen LogP contribution in [0, 0.1) is 0 Å². The van der Waals surface area contributed by atoms with Crippen molar-refractivity contribution >= 4 is 17.7 Å². The molecular weight excluding hydrogens is 250 g/mol. The molecule has 0 radical (unpaired) electrons. The molecule has 1 heterocycles. The molecule has 0 aromatic heterocycles. The number of carbonyl (C=O) groups excluding carboxylic acids is 3. The number of primary amides is 1. The van der Waals surface area contributed by atoms with Crippen LogP contribution in [0.3, 0.4) is 0 Å². The van der Waals surface area contributed by atoms with Gasteiger partial charge in [0.25, 0.3) is 5.91 Å². The Morgan fingerprint density at radius 2 is 2.00 bits per heavy atom. The molecule has 0 spiro atoms. The number of nitrogens with two attached hydrogens (primary N) is 1. The second-order valence-electron chi connectivity index (χ2n) is 4.16. The normalized spacial score (nSPS) is 17.9. The first kappa shape index (κ1) is 13.1. The molecule has 1 fully saturated rings. The molecule has 2 rings (SSSR count). The van der Waals surface area contributed by atoms with Gasteiger partial charge in [0, 0.05) is 18.4 Å². The Balaban J connectivity index is 1.99. The maximum atomic E-state index is 12.0. The van der Waals surface area contributed by atoms with E-state index in [0.29, 0.717) is 17.7 Å². The highest BCUT2D eigenvalue weighted by Crippen LogP contribution is 2.20. The highest BCUT2D eigenvalue weighted by Gasteiger charge is 2.30. The lowest BCUT2D eigenvalue weighted by atomic mass is 10.0. The summed E-state index contributed by atoms with van der Waals surface area (Å²) in [5.41, 5.74) is 5.38. The van der Waals surface area contributed by atoms with E-state index in [0.717, 1.165) is 0 Å². The van der Waals surface area contributed by atoms with Crippen LogP contribution < -0.4 is 10.5 Å². The average molecular weight is 263 g/mol. The number of hydrogen-bond donors (Lipinski definition) is 1. The monoisotopic (exact) mass is 263 g/mol. The average Bonchev–Trinajstić information content (AvgIpc) is 2.83. The summed E-state index contributed by atoms with van der Waals surface area (Å²) in [7, 11) is 0. The molecule has 0 aliphatic carbocycles. The van der Waals surface area contributed by atoms with Crippen LogP contribution in [0.15, 0.2) is 24.3 Å². The Kier molecular flexibility index (Phi) is 3.79. The molecule has 1 unspecified atom stereocenters. The third-order valence-electron chi connectivity index (χ3n) is 2.70. The van der Waals surface area contributed by atoms with Crippen molar-refractivity contribution < 1.29 is 23.9 Å². The smallest absolute Gasteiger partial charge is 0.306 e. The van der Waals surface area contributed by atoms with Gasteiger partial charge in [0.1, 0.15) is 5.75 Å². The lowest BCUT2D eigenvalue weighted by molar-refractivity contribution is -0.140. The number of rotatable bonds is 5. The number of ketones is 1. The van der Waals surface area contributed by atoms with Crippen molar-refractivity contribution in [3.05, 3.63) is 29.8 Å². The van der Waals surface area contributed by atoms with E-state index in [9.17, 15) is 14.4 Å². The molecule has 0 saturated carbocycles. The van der Waals surface area contributed by atoms with Crippen LogP contribution in [0.2, 0.25) is 0 Å². The van der Waals surface area contributed by atoms with E-state index in [4.69, 9.17) is 15.2 Å². The molecule has 1 amide bonds. The number of carbonyl (C=O) groups is 3. The highest BCUT2D eigenvalue weighted by molar-refractivity contribution is 6.01. The number of hydrogen-bond acceptors (Lipinski definition) is 5. The minimum atomic E-state index is -0.690. The van der Waals surface area contributed by atoms with Crippen LogP contribution in [-0.4, -0.2) is 30.4 Å². The number of benzene rings is 1. The van der Waals surface area contributed by atoms with Gasteiger partial charge < -0.3 is 15.2 Å². The van der Waals surface area contributed by atoms with Crippen LogP contribution in [0.25, 0.3) is 0 Å². The zero-order valence-electron chi connectivity index (χ0n) is 10.1. The molecule has 6 heteroatoms.